The third-order valence-corrected chi connectivity index (χ3v) is 2.11. The predicted octanol–water partition coefficient (Wildman–Crippen LogP) is 2.39. The van der Waals surface area contributed by atoms with Gasteiger partial charge < -0.3 is 5.73 Å². The molecule has 1 unspecified atom stereocenters. The standard InChI is InChI=1S/C10H12ClNO/c1-6-4-3-5-8(12)9(6)10(13)7(2)11/h3-5,7H,12H2,1-2H3. The Morgan fingerprint density at radius 3 is 2.62 bits per heavy atom. The highest BCUT2D eigenvalue weighted by molar-refractivity contribution is 6.34. The Bertz CT molecular complexity index is 313. The number of hydrogen-bond acceptors (Lipinski definition) is 2. The molecule has 0 saturated carbocycles. The summed E-state index contributed by atoms with van der Waals surface area (Å²) >= 11 is 5.70. The maximum atomic E-state index is 11.6. The number of ketones is 1. The number of carbonyl (C=O) groups excluding carboxylic acids is 1. The Kier molecular flexibility index (Phi) is 2.94. The Hall–Kier alpha value is -1.02. The van der Waals surface area contributed by atoms with E-state index >= 15 is 0 Å². The van der Waals surface area contributed by atoms with Gasteiger partial charge in [-0.15, -0.1) is 11.6 Å². The number of nitrogen functional groups attached to an aromatic ring is 1. The molecule has 0 aromatic heterocycles. The molecule has 0 heterocycles. The summed E-state index contributed by atoms with van der Waals surface area (Å²) in [5, 5.41) is -0.525. The summed E-state index contributed by atoms with van der Waals surface area (Å²) in [6.45, 7) is 3.50. The van der Waals surface area contributed by atoms with Crippen molar-refractivity contribution >= 4 is 23.1 Å². The molecule has 70 valence electrons. The van der Waals surface area contributed by atoms with Crippen LogP contribution in [0.4, 0.5) is 5.69 Å². The summed E-state index contributed by atoms with van der Waals surface area (Å²) in [5.74, 6) is -0.114. The third kappa shape index (κ3) is 2.01. The number of rotatable bonds is 2. The molecule has 2 nitrogen and oxygen atoms in total. The van der Waals surface area contributed by atoms with Gasteiger partial charge in [0.15, 0.2) is 5.78 Å². The molecule has 1 atom stereocenters. The molecular weight excluding hydrogens is 186 g/mol. The summed E-state index contributed by atoms with van der Waals surface area (Å²) in [7, 11) is 0. The lowest BCUT2D eigenvalue weighted by atomic mass is 10.0. The number of halogens is 1. The summed E-state index contributed by atoms with van der Waals surface area (Å²) in [6, 6.07) is 5.38. The zero-order chi connectivity index (χ0) is 10.0. The zero-order valence-electron chi connectivity index (χ0n) is 7.67. The third-order valence-electron chi connectivity index (χ3n) is 1.91. The maximum Gasteiger partial charge on any atom is 0.182 e. The van der Waals surface area contributed by atoms with E-state index in [1.54, 1.807) is 13.0 Å². The average molecular weight is 198 g/mol. The summed E-state index contributed by atoms with van der Waals surface area (Å²) in [4.78, 5) is 11.6. The molecule has 0 spiro atoms. The van der Waals surface area contributed by atoms with Gasteiger partial charge in [0.1, 0.15) is 0 Å². The minimum atomic E-state index is -0.525. The van der Waals surface area contributed by atoms with Gasteiger partial charge in [-0.2, -0.15) is 0 Å². The molecule has 0 radical (unpaired) electrons. The lowest BCUT2D eigenvalue weighted by Gasteiger charge is -2.08. The normalized spacial score (nSPS) is 12.5. The van der Waals surface area contributed by atoms with Gasteiger partial charge >= 0.3 is 0 Å². The maximum absolute atomic E-state index is 11.6. The van der Waals surface area contributed by atoms with E-state index in [1.165, 1.54) is 0 Å². The number of aryl methyl sites for hydroxylation is 1. The van der Waals surface area contributed by atoms with Crippen molar-refractivity contribution < 1.29 is 4.79 Å². The van der Waals surface area contributed by atoms with Gasteiger partial charge in [-0.3, -0.25) is 4.79 Å². The number of hydrogen-bond donors (Lipinski definition) is 1. The predicted molar refractivity (Wildman–Crippen MR) is 55.2 cm³/mol. The van der Waals surface area contributed by atoms with Gasteiger partial charge in [0, 0.05) is 11.3 Å². The Morgan fingerprint density at radius 2 is 2.15 bits per heavy atom. The second-order valence-electron chi connectivity index (χ2n) is 3.02. The van der Waals surface area contributed by atoms with Gasteiger partial charge in [-0.05, 0) is 25.5 Å². The van der Waals surface area contributed by atoms with E-state index in [-0.39, 0.29) is 5.78 Å². The second-order valence-corrected chi connectivity index (χ2v) is 3.67. The zero-order valence-corrected chi connectivity index (χ0v) is 8.43. The molecule has 1 rings (SSSR count). The van der Waals surface area contributed by atoms with Gasteiger partial charge in [0.2, 0.25) is 0 Å². The van der Waals surface area contributed by atoms with Gasteiger partial charge in [0.05, 0.1) is 5.38 Å². The van der Waals surface area contributed by atoms with Crippen LogP contribution in [0.2, 0.25) is 0 Å². The highest BCUT2D eigenvalue weighted by atomic mass is 35.5. The van der Waals surface area contributed by atoms with E-state index in [1.807, 2.05) is 19.1 Å². The van der Waals surface area contributed by atoms with Crippen molar-refractivity contribution in [3.63, 3.8) is 0 Å². The first-order valence-electron chi connectivity index (χ1n) is 4.07. The molecule has 2 N–H and O–H groups in total. The first kappa shape index (κ1) is 10.1. The van der Waals surface area contributed by atoms with E-state index < -0.39 is 5.38 Å². The highest BCUT2D eigenvalue weighted by Crippen LogP contribution is 2.19. The Balaban J connectivity index is 3.20. The lowest BCUT2D eigenvalue weighted by Crippen LogP contribution is -2.14. The topological polar surface area (TPSA) is 43.1 Å². The molecule has 0 aliphatic heterocycles. The minimum absolute atomic E-state index is 0.114. The van der Waals surface area contributed by atoms with Gasteiger partial charge in [-0.25, -0.2) is 0 Å². The first-order chi connectivity index (χ1) is 6.04. The number of nitrogens with two attached hydrogens (primary N) is 1. The van der Waals surface area contributed by atoms with Crippen LogP contribution in [0.3, 0.4) is 0 Å². The van der Waals surface area contributed by atoms with Gasteiger partial charge in [0.25, 0.3) is 0 Å². The SMILES string of the molecule is Cc1cccc(N)c1C(=O)C(C)Cl. The number of benzene rings is 1. The van der Waals surface area contributed by atoms with Crippen LogP contribution in [0.15, 0.2) is 18.2 Å². The molecule has 0 aliphatic carbocycles. The molecule has 0 aliphatic rings. The van der Waals surface area contributed by atoms with E-state index in [0.29, 0.717) is 11.3 Å². The summed E-state index contributed by atoms with van der Waals surface area (Å²) < 4.78 is 0. The van der Waals surface area contributed by atoms with Crippen LogP contribution in [0, 0.1) is 6.92 Å². The number of Topliss-reactive ketones (excluding diaryl/α,β-unsaturated/α-hetero) is 1. The number of carbonyl (C=O) groups is 1. The van der Waals surface area contributed by atoms with E-state index in [9.17, 15) is 4.79 Å². The van der Waals surface area contributed by atoms with Crippen LogP contribution in [0.1, 0.15) is 22.8 Å². The largest absolute Gasteiger partial charge is 0.398 e. The molecule has 3 heteroatoms. The molecule has 0 amide bonds. The Morgan fingerprint density at radius 1 is 1.54 bits per heavy atom. The van der Waals surface area contributed by atoms with Crippen LogP contribution in [0.5, 0.6) is 0 Å². The van der Waals surface area contributed by atoms with Crippen LogP contribution >= 0.6 is 11.6 Å². The summed E-state index contributed by atoms with van der Waals surface area (Å²) in [6.07, 6.45) is 0. The average Bonchev–Trinajstić information content (AvgIpc) is 2.03. The molecule has 0 bridgehead atoms. The molecule has 13 heavy (non-hydrogen) atoms. The fourth-order valence-electron chi connectivity index (χ4n) is 1.23. The second kappa shape index (κ2) is 3.79. The van der Waals surface area contributed by atoms with Crippen molar-refractivity contribution in [2.75, 3.05) is 5.73 Å². The van der Waals surface area contributed by atoms with Crippen LogP contribution in [-0.4, -0.2) is 11.2 Å². The molecule has 1 aromatic rings. The highest BCUT2D eigenvalue weighted by Gasteiger charge is 2.16. The van der Waals surface area contributed by atoms with E-state index in [2.05, 4.69) is 0 Å². The fourth-order valence-corrected chi connectivity index (χ4v) is 1.34. The van der Waals surface area contributed by atoms with Crippen molar-refractivity contribution in [1.82, 2.24) is 0 Å². The Labute approximate surface area is 82.7 Å². The molecule has 0 saturated heterocycles. The van der Waals surface area contributed by atoms with Crippen molar-refractivity contribution in [3.8, 4) is 0 Å². The van der Waals surface area contributed by atoms with Crippen LogP contribution in [-0.2, 0) is 0 Å². The first-order valence-corrected chi connectivity index (χ1v) is 4.51. The van der Waals surface area contributed by atoms with Crippen molar-refractivity contribution in [2.45, 2.75) is 19.2 Å². The molecular formula is C10H12ClNO. The van der Waals surface area contributed by atoms with Crippen molar-refractivity contribution in [2.24, 2.45) is 0 Å². The van der Waals surface area contributed by atoms with Crippen LogP contribution < -0.4 is 5.73 Å². The van der Waals surface area contributed by atoms with E-state index in [4.69, 9.17) is 17.3 Å². The lowest BCUT2D eigenvalue weighted by molar-refractivity contribution is 0.0992. The quantitative estimate of drug-likeness (QED) is 0.450. The van der Waals surface area contributed by atoms with E-state index in [0.717, 1.165) is 5.56 Å². The fraction of sp³-hybridized carbons (Fsp3) is 0.300. The summed E-state index contributed by atoms with van der Waals surface area (Å²) in [5.41, 5.74) is 7.60. The minimum Gasteiger partial charge on any atom is -0.398 e. The smallest absolute Gasteiger partial charge is 0.182 e. The van der Waals surface area contributed by atoms with Crippen molar-refractivity contribution in [1.29, 1.82) is 0 Å². The number of anilines is 1. The van der Waals surface area contributed by atoms with Crippen LogP contribution in [0.25, 0.3) is 0 Å². The monoisotopic (exact) mass is 197 g/mol. The molecule has 1 aromatic carbocycles. The van der Waals surface area contributed by atoms with Crippen molar-refractivity contribution in [3.05, 3.63) is 29.3 Å². The van der Waals surface area contributed by atoms with Gasteiger partial charge in [-0.1, -0.05) is 12.1 Å². The number of alkyl halides is 1. The molecule has 0 fully saturated rings.